The number of halogens is 2. The van der Waals surface area contributed by atoms with Gasteiger partial charge in [-0.25, -0.2) is 12.8 Å². The Balaban J connectivity index is 2.09. The molecule has 3 rings (SSSR count). The molecule has 0 heterocycles. The van der Waals surface area contributed by atoms with E-state index in [9.17, 15) is 22.4 Å². The Hall–Kier alpha value is -3.43. The van der Waals surface area contributed by atoms with Crippen LogP contribution < -0.4 is 9.62 Å². The molecular formula is C30H35ClFN3O4S. The summed E-state index contributed by atoms with van der Waals surface area (Å²) in [4.78, 5) is 28.7. The summed E-state index contributed by atoms with van der Waals surface area (Å²) in [5.41, 5.74) is 1.24. The lowest BCUT2D eigenvalue weighted by Gasteiger charge is -2.35. The fourth-order valence-electron chi connectivity index (χ4n) is 4.27. The van der Waals surface area contributed by atoms with Crippen LogP contribution in [0, 0.1) is 12.7 Å². The highest BCUT2D eigenvalue weighted by Crippen LogP contribution is 2.28. The first-order chi connectivity index (χ1) is 18.7. The number of benzene rings is 3. The summed E-state index contributed by atoms with van der Waals surface area (Å²) in [7, 11) is -4.27. The van der Waals surface area contributed by atoms with Gasteiger partial charge >= 0.3 is 0 Å². The van der Waals surface area contributed by atoms with Gasteiger partial charge in [0.25, 0.3) is 10.0 Å². The number of sulfonamides is 1. The highest BCUT2D eigenvalue weighted by molar-refractivity contribution is 7.92. The van der Waals surface area contributed by atoms with Crippen LogP contribution in [0.3, 0.4) is 0 Å². The molecule has 0 fully saturated rings. The van der Waals surface area contributed by atoms with Crippen LogP contribution in [-0.2, 0) is 26.2 Å². The van der Waals surface area contributed by atoms with Crippen LogP contribution in [0.4, 0.5) is 10.1 Å². The maximum absolute atomic E-state index is 14.0. The third-order valence-corrected chi connectivity index (χ3v) is 8.20. The number of nitrogens with one attached hydrogen (secondary N) is 1. The van der Waals surface area contributed by atoms with Crippen molar-refractivity contribution in [1.82, 2.24) is 10.2 Å². The Morgan fingerprint density at radius 2 is 1.68 bits per heavy atom. The van der Waals surface area contributed by atoms with Crippen LogP contribution in [0.15, 0.2) is 77.7 Å². The van der Waals surface area contributed by atoms with Crippen molar-refractivity contribution in [1.29, 1.82) is 0 Å². The van der Waals surface area contributed by atoms with E-state index in [2.05, 4.69) is 5.32 Å². The van der Waals surface area contributed by atoms with E-state index in [-0.39, 0.29) is 28.1 Å². The molecule has 0 aliphatic rings. The van der Waals surface area contributed by atoms with Gasteiger partial charge in [0.15, 0.2) is 0 Å². The number of rotatable bonds is 10. The average Bonchev–Trinajstić information content (AvgIpc) is 2.88. The third-order valence-electron chi connectivity index (χ3n) is 6.12. The number of hydrogen-bond donors (Lipinski definition) is 1. The van der Waals surface area contributed by atoms with Gasteiger partial charge < -0.3 is 10.2 Å². The summed E-state index contributed by atoms with van der Waals surface area (Å²) < 4.78 is 42.5. The molecule has 214 valence electrons. The summed E-state index contributed by atoms with van der Waals surface area (Å²) >= 11 is 6.01. The van der Waals surface area contributed by atoms with E-state index in [1.807, 2.05) is 52.0 Å². The molecule has 0 aromatic heterocycles. The van der Waals surface area contributed by atoms with Gasteiger partial charge in [0.1, 0.15) is 18.4 Å². The highest BCUT2D eigenvalue weighted by Gasteiger charge is 2.34. The van der Waals surface area contributed by atoms with E-state index in [1.165, 1.54) is 29.2 Å². The van der Waals surface area contributed by atoms with Gasteiger partial charge in [-0.15, -0.1) is 0 Å². The lowest BCUT2D eigenvalue weighted by molar-refractivity contribution is -0.141. The van der Waals surface area contributed by atoms with Gasteiger partial charge in [-0.2, -0.15) is 0 Å². The molecule has 0 unspecified atom stereocenters. The van der Waals surface area contributed by atoms with Crippen molar-refractivity contribution < 1.29 is 22.4 Å². The maximum atomic E-state index is 14.0. The van der Waals surface area contributed by atoms with E-state index in [4.69, 9.17) is 11.6 Å². The molecule has 1 N–H and O–H groups in total. The monoisotopic (exact) mass is 587 g/mol. The summed E-state index contributed by atoms with van der Waals surface area (Å²) in [6, 6.07) is 17.8. The van der Waals surface area contributed by atoms with Gasteiger partial charge in [-0.05, 0) is 70.0 Å². The highest BCUT2D eigenvalue weighted by atomic mass is 35.5. The minimum absolute atomic E-state index is 0.0197. The van der Waals surface area contributed by atoms with Crippen molar-refractivity contribution in [3.63, 3.8) is 0 Å². The van der Waals surface area contributed by atoms with Crippen LogP contribution >= 0.6 is 11.6 Å². The molecule has 1 atom stereocenters. The first kappa shape index (κ1) is 31.1. The number of anilines is 1. The second-order valence-electron chi connectivity index (χ2n) is 10.6. The number of carbonyl (C=O) groups is 2. The van der Waals surface area contributed by atoms with Crippen LogP contribution in [0.25, 0.3) is 0 Å². The molecule has 7 nitrogen and oxygen atoms in total. The predicted octanol–water partition coefficient (Wildman–Crippen LogP) is 5.70. The summed E-state index contributed by atoms with van der Waals surface area (Å²) in [5.74, 6) is -1.67. The van der Waals surface area contributed by atoms with Gasteiger partial charge in [-0.3, -0.25) is 13.9 Å². The molecule has 3 aromatic rings. The van der Waals surface area contributed by atoms with E-state index in [0.717, 1.165) is 21.5 Å². The molecule has 0 saturated carbocycles. The number of aryl methyl sites for hydroxylation is 1. The van der Waals surface area contributed by atoms with Crippen LogP contribution in [-0.4, -0.2) is 43.3 Å². The SMILES string of the molecule is CC[C@H](C(=O)NC(C)(C)C)N(Cc1cccc(C)c1)C(=O)CN(c1ccc(F)c(Cl)c1)S(=O)(=O)c1ccccc1. The lowest BCUT2D eigenvalue weighted by atomic mass is 10.0. The number of nitrogens with zero attached hydrogens (tertiary/aromatic N) is 2. The van der Waals surface area contributed by atoms with Crippen LogP contribution in [0.5, 0.6) is 0 Å². The zero-order chi connectivity index (χ0) is 29.7. The fourth-order valence-corrected chi connectivity index (χ4v) is 5.87. The third kappa shape index (κ3) is 7.82. The van der Waals surface area contributed by atoms with Crippen molar-refractivity contribution in [3.05, 3.63) is 94.8 Å². The van der Waals surface area contributed by atoms with Gasteiger partial charge in [0.05, 0.1) is 15.6 Å². The first-order valence-corrected chi connectivity index (χ1v) is 14.7. The molecule has 0 aliphatic carbocycles. The number of carbonyl (C=O) groups excluding carboxylic acids is 2. The molecule has 0 aliphatic heterocycles. The van der Waals surface area contributed by atoms with E-state index < -0.39 is 39.9 Å². The fraction of sp³-hybridized carbons (Fsp3) is 0.333. The standard InChI is InChI=1S/C30H35ClFN3O4S/c1-6-27(29(37)33-30(3,4)5)34(19-22-12-10-11-21(2)17-22)28(36)20-35(23-15-16-26(32)25(31)18-23)40(38,39)24-13-8-7-9-14-24/h7-18,27H,6,19-20H2,1-5H3,(H,33,37)/t27-/m1/s1. The van der Waals surface area contributed by atoms with E-state index in [1.54, 1.807) is 25.1 Å². The average molecular weight is 588 g/mol. The molecular weight excluding hydrogens is 553 g/mol. The van der Waals surface area contributed by atoms with Crippen molar-refractivity contribution in [2.45, 2.75) is 64.1 Å². The minimum atomic E-state index is -4.27. The van der Waals surface area contributed by atoms with Crippen molar-refractivity contribution in [3.8, 4) is 0 Å². The Bertz CT molecular complexity index is 1460. The number of hydrogen-bond acceptors (Lipinski definition) is 4. The molecule has 40 heavy (non-hydrogen) atoms. The summed E-state index contributed by atoms with van der Waals surface area (Å²) in [5, 5.41) is 2.65. The van der Waals surface area contributed by atoms with Crippen LogP contribution in [0.1, 0.15) is 45.2 Å². The van der Waals surface area contributed by atoms with Crippen molar-refractivity contribution in [2.75, 3.05) is 10.8 Å². The molecule has 0 radical (unpaired) electrons. The first-order valence-electron chi connectivity index (χ1n) is 12.9. The molecule has 3 aromatic carbocycles. The molecule has 2 amide bonds. The summed E-state index contributed by atoms with van der Waals surface area (Å²) in [6.07, 6.45) is 0.299. The lowest BCUT2D eigenvalue weighted by Crippen LogP contribution is -2.55. The van der Waals surface area contributed by atoms with Gasteiger partial charge in [0.2, 0.25) is 11.8 Å². The molecule has 10 heteroatoms. The Morgan fingerprint density at radius 3 is 2.25 bits per heavy atom. The Labute approximate surface area is 241 Å². The minimum Gasteiger partial charge on any atom is -0.350 e. The molecule has 0 bridgehead atoms. The Morgan fingerprint density at radius 1 is 1.00 bits per heavy atom. The molecule has 0 saturated heterocycles. The smallest absolute Gasteiger partial charge is 0.264 e. The Kier molecular flexibility index (Phi) is 9.97. The van der Waals surface area contributed by atoms with Gasteiger partial charge in [-0.1, -0.05) is 66.6 Å². The topological polar surface area (TPSA) is 86.8 Å². The van der Waals surface area contributed by atoms with Crippen LogP contribution in [0.2, 0.25) is 5.02 Å². The van der Waals surface area contributed by atoms with E-state index >= 15 is 0 Å². The van der Waals surface area contributed by atoms with Crippen molar-refractivity contribution >= 4 is 39.1 Å². The normalized spacial score (nSPS) is 12.5. The predicted molar refractivity (Wildman–Crippen MR) is 156 cm³/mol. The van der Waals surface area contributed by atoms with E-state index in [0.29, 0.717) is 6.42 Å². The zero-order valence-electron chi connectivity index (χ0n) is 23.3. The quantitative estimate of drug-likeness (QED) is 0.329. The second-order valence-corrected chi connectivity index (χ2v) is 12.9. The molecule has 0 spiro atoms. The second kappa shape index (κ2) is 12.8. The van der Waals surface area contributed by atoms with Gasteiger partial charge in [0, 0.05) is 12.1 Å². The number of amides is 2. The van der Waals surface area contributed by atoms with Crippen molar-refractivity contribution in [2.24, 2.45) is 0 Å². The maximum Gasteiger partial charge on any atom is 0.264 e. The largest absolute Gasteiger partial charge is 0.350 e. The zero-order valence-corrected chi connectivity index (χ0v) is 24.9. The summed E-state index contributed by atoms with van der Waals surface area (Å²) in [6.45, 7) is 8.70.